The first-order valence-corrected chi connectivity index (χ1v) is 4.82. The molecule has 1 aromatic carbocycles. The molecule has 0 bridgehead atoms. The Morgan fingerprint density at radius 2 is 1.93 bits per heavy atom. The number of allylic oxidation sites excluding steroid dienone is 2. The van der Waals surface area contributed by atoms with Crippen LogP contribution < -0.4 is 0 Å². The quantitative estimate of drug-likeness (QED) is 0.629. The predicted molar refractivity (Wildman–Crippen MR) is 64.0 cm³/mol. The van der Waals surface area contributed by atoms with Crippen LogP contribution in [0.1, 0.15) is 23.6 Å². The molecule has 0 aliphatic rings. The third kappa shape index (κ3) is 2.56. The Morgan fingerprint density at radius 3 is 2.50 bits per heavy atom. The minimum absolute atomic E-state index is 1.25. The van der Waals surface area contributed by atoms with Gasteiger partial charge in [0, 0.05) is 13.3 Å². The number of aryl methyl sites for hydroxylation is 2. The van der Waals surface area contributed by atoms with Gasteiger partial charge in [-0.05, 0) is 49.1 Å². The zero-order valence-corrected chi connectivity index (χ0v) is 9.33. The van der Waals surface area contributed by atoms with Crippen molar-refractivity contribution in [3.63, 3.8) is 0 Å². The molecule has 0 saturated heterocycles. The molecule has 0 amide bonds. The lowest BCUT2D eigenvalue weighted by Gasteiger charge is -2.04. The van der Waals surface area contributed by atoms with Gasteiger partial charge in [0.15, 0.2) is 0 Å². The van der Waals surface area contributed by atoms with Gasteiger partial charge in [-0.25, -0.2) is 0 Å². The third-order valence-electron chi connectivity index (χ3n) is 2.44. The van der Waals surface area contributed by atoms with Crippen LogP contribution in [0.2, 0.25) is 0 Å². The van der Waals surface area contributed by atoms with Crippen molar-refractivity contribution in [1.29, 1.82) is 0 Å². The van der Waals surface area contributed by atoms with E-state index in [1.54, 1.807) is 7.05 Å². The summed E-state index contributed by atoms with van der Waals surface area (Å²) in [5, 5.41) is 0. The molecule has 0 fully saturated rings. The first-order valence-electron chi connectivity index (χ1n) is 4.82. The normalized spacial score (nSPS) is 12.4. The second-order valence-corrected chi connectivity index (χ2v) is 3.56. The second-order valence-electron chi connectivity index (χ2n) is 3.56. The molecule has 0 saturated carbocycles. The highest BCUT2D eigenvalue weighted by Crippen LogP contribution is 2.16. The summed E-state index contributed by atoms with van der Waals surface area (Å²) >= 11 is 0. The van der Waals surface area contributed by atoms with Gasteiger partial charge in [-0.2, -0.15) is 0 Å². The maximum absolute atomic E-state index is 3.94. The molecule has 0 unspecified atom stereocenters. The van der Waals surface area contributed by atoms with Gasteiger partial charge in [0.1, 0.15) is 0 Å². The largest absolute Gasteiger partial charge is 0.297 e. The van der Waals surface area contributed by atoms with E-state index >= 15 is 0 Å². The van der Waals surface area contributed by atoms with Crippen molar-refractivity contribution < 1.29 is 0 Å². The highest BCUT2D eigenvalue weighted by Gasteiger charge is 1.97. The minimum Gasteiger partial charge on any atom is -0.297 e. The fourth-order valence-corrected chi connectivity index (χ4v) is 1.27. The number of hydrogen-bond acceptors (Lipinski definition) is 1. The topological polar surface area (TPSA) is 12.4 Å². The Bertz CT molecular complexity index is 373. The Labute approximate surface area is 86.2 Å². The van der Waals surface area contributed by atoms with Crippen molar-refractivity contribution in [3.05, 3.63) is 41.0 Å². The van der Waals surface area contributed by atoms with E-state index in [0.29, 0.717) is 0 Å². The Hall–Kier alpha value is -1.37. The van der Waals surface area contributed by atoms with E-state index in [-0.39, 0.29) is 0 Å². The summed E-state index contributed by atoms with van der Waals surface area (Å²) in [7, 11) is 1.78. The SMILES string of the molecule is C/N=C\C=C(/C)c1ccc(C)c(C)c1. The van der Waals surface area contributed by atoms with E-state index in [0.717, 1.165) is 0 Å². The molecule has 74 valence electrons. The van der Waals surface area contributed by atoms with E-state index in [1.807, 2.05) is 12.3 Å². The fraction of sp³-hybridized carbons (Fsp3) is 0.308. The summed E-state index contributed by atoms with van der Waals surface area (Å²) in [4.78, 5) is 3.94. The van der Waals surface area contributed by atoms with E-state index in [9.17, 15) is 0 Å². The lowest BCUT2D eigenvalue weighted by molar-refractivity contribution is 1.33. The van der Waals surface area contributed by atoms with Crippen LogP contribution in [0.4, 0.5) is 0 Å². The van der Waals surface area contributed by atoms with Crippen LogP contribution in [0.3, 0.4) is 0 Å². The first kappa shape index (κ1) is 10.7. The van der Waals surface area contributed by atoms with Crippen LogP contribution >= 0.6 is 0 Å². The van der Waals surface area contributed by atoms with Gasteiger partial charge < -0.3 is 0 Å². The zero-order chi connectivity index (χ0) is 10.6. The number of rotatable bonds is 2. The Kier molecular flexibility index (Phi) is 3.63. The average molecular weight is 187 g/mol. The van der Waals surface area contributed by atoms with Crippen molar-refractivity contribution in [3.8, 4) is 0 Å². The summed E-state index contributed by atoms with van der Waals surface area (Å²) < 4.78 is 0. The molecule has 1 heteroatoms. The van der Waals surface area contributed by atoms with Gasteiger partial charge in [0.2, 0.25) is 0 Å². The van der Waals surface area contributed by atoms with Crippen LogP contribution in [-0.2, 0) is 0 Å². The van der Waals surface area contributed by atoms with E-state index in [2.05, 4.69) is 44.0 Å². The van der Waals surface area contributed by atoms with Crippen LogP contribution in [0.5, 0.6) is 0 Å². The molecular formula is C13H17N. The second kappa shape index (κ2) is 4.75. The van der Waals surface area contributed by atoms with Crippen molar-refractivity contribution in [2.75, 3.05) is 7.05 Å². The average Bonchev–Trinajstić information content (AvgIpc) is 2.18. The number of nitrogens with zero attached hydrogens (tertiary/aromatic N) is 1. The van der Waals surface area contributed by atoms with Gasteiger partial charge in [-0.15, -0.1) is 0 Å². The van der Waals surface area contributed by atoms with Crippen molar-refractivity contribution in [1.82, 2.24) is 0 Å². The van der Waals surface area contributed by atoms with Crippen molar-refractivity contribution >= 4 is 11.8 Å². The third-order valence-corrected chi connectivity index (χ3v) is 2.44. The van der Waals surface area contributed by atoms with Crippen LogP contribution in [0.25, 0.3) is 5.57 Å². The summed E-state index contributed by atoms with van der Waals surface area (Å²) in [6.45, 7) is 6.37. The highest BCUT2D eigenvalue weighted by atomic mass is 14.6. The molecule has 0 aromatic heterocycles. The Morgan fingerprint density at radius 1 is 1.21 bits per heavy atom. The van der Waals surface area contributed by atoms with Gasteiger partial charge in [-0.1, -0.05) is 18.2 Å². The van der Waals surface area contributed by atoms with E-state index in [1.165, 1.54) is 22.3 Å². The highest BCUT2D eigenvalue weighted by molar-refractivity contribution is 5.83. The number of aliphatic imine (C=N–C) groups is 1. The summed E-state index contributed by atoms with van der Waals surface area (Å²) in [5.41, 5.74) is 5.20. The molecular weight excluding hydrogens is 170 g/mol. The molecule has 14 heavy (non-hydrogen) atoms. The summed E-state index contributed by atoms with van der Waals surface area (Å²) in [6, 6.07) is 6.52. The lowest BCUT2D eigenvalue weighted by atomic mass is 10.0. The van der Waals surface area contributed by atoms with Gasteiger partial charge >= 0.3 is 0 Å². The van der Waals surface area contributed by atoms with Crippen LogP contribution in [-0.4, -0.2) is 13.3 Å². The lowest BCUT2D eigenvalue weighted by Crippen LogP contribution is -1.85. The Balaban J connectivity index is 3.02. The van der Waals surface area contributed by atoms with Gasteiger partial charge in [0.25, 0.3) is 0 Å². The standard InChI is InChI=1S/C13H17N/c1-10-5-6-13(9-12(10)3)11(2)7-8-14-4/h5-9H,1-4H3/b11-7+,14-8-. The summed E-state index contributed by atoms with van der Waals surface area (Å²) in [6.07, 6.45) is 3.86. The molecule has 1 aromatic rings. The fourth-order valence-electron chi connectivity index (χ4n) is 1.27. The van der Waals surface area contributed by atoms with Gasteiger partial charge in [-0.3, -0.25) is 4.99 Å². The molecule has 1 nitrogen and oxygen atoms in total. The molecule has 1 rings (SSSR count). The molecule has 0 spiro atoms. The molecule has 0 N–H and O–H groups in total. The van der Waals surface area contributed by atoms with Gasteiger partial charge in [0.05, 0.1) is 0 Å². The maximum atomic E-state index is 3.94. The van der Waals surface area contributed by atoms with E-state index in [4.69, 9.17) is 0 Å². The van der Waals surface area contributed by atoms with Crippen LogP contribution in [0, 0.1) is 13.8 Å². The molecule has 0 aliphatic carbocycles. The van der Waals surface area contributed by atoms with Crippen LogP contribution in [0.15, 0.2) is 29.3 Å². The minimum atomic E-state index is 1.25. The maximum Gasteiger partial charge on any atom is 0.0277 e. The first-order chi connectivity index (χ1) is 6.65. The zero-order valence-electron chi connectivity index (χ0n) is 9.33. The summed E-state index contributed by atoms with van der Waals surface area (Å²) in [5.74, 6) is 0. The predicted octanol–water partition coefficient (Wildman–Crippen LogP) is 3.41. The van der Waals surface area contributed by atoms with Crippen molar-refractivity contribution in [2.45, 2.75) is 20.8 Å². The molecule has 0 heterocycles. The molecule has 0 aliphatic heterocycles. The smallest absolute Gasteiger partial charge is 0.0277 e. The van der Waals surface area contributed by atoms with E-state index < -0.39 is 0 Å². The monoisotopic (exact) mass is 187 g/mol. The number of benzene rings is 1. The van der Waals surface area contributed by atoms with Crippen molar-refractivity contribution in [2.24, 2.45) is 4.99 Å². The number of hydrogen-bond donors (Lipinski definition) is 0. The molecule has 0 atom stereocenters. The molecule has 0 radical (unpaired) electrons.